The van der Waals surface area contributed by atoms with E-state index in [1.807, 2.05) is 24.3 Å². The molecule has 1 heterocycles. The summed E-state index contributed by atoms with van der Waals surface area (Å²) in [5.41, 5.74) is 4.05. The monoisotopic (exact) mass is 199 g/mol. The molecule has 76 valence electrons. The second-order valence-corrected chi connectivity index (χ2v) is 3.52. The summed E-state index contributed by atoms with van der Waals surface area (Å²) in [4.78, 5) is 4.15. The molecule has 0 bridgehead atoms. The van der Waals surface area contributed by atoms with Crippen LogP contribution in [0.2, 0.25) is 0 Å². The van der Waals surface area contributed by atoms with Gasteiger partial charge in [-0.2, -0.15) is 0 Å². The van der Waals surface area contributed by atoms with Crippen LogP contribution in [0.15, 0.2) is 42.6 Å². The topological polar surface area (TPSA) is 33.1 Å². The van der Waals surface area contributed by atoms with Crippen LogP contribution < -0.4 is 0 Å². The average molecular weight is 199 g/mol. The average Bonchev–Trinajstić information content (AvgIpc) is 2.30. The Bertz CT molecular complexity index is 448. The Morgan fingerprint density at radius 1 is 1.13 bits per heavy atom. The molecule has 1 aromatic heterocycles. The van der Waals surface area contributed by atoms with Crippen LogP contribution in [-0.2, 0) is 6.61 Å². The van der Waals surface area contributed by atoms with Gasteiger partial charge in [0.2, 0.25) is 0 Å². The Morgan fingerprint density at radius 3 is 2.53 bits per heavy atom. The van der Waals surface area contributed by atoms with Gasteiger partial charge in [0.25, 0.3) is 0 Å². The predicted molar refractivity (Wildman–Crippen MR) is 60.3 cm³/mol. The number of nitrogens with zero attached hydrogens (tertiary/aromatic N) is 1. The molecule has 0 aliphatic heterocycles. The maximum absolute atomic E-state index is 9.17. The Balaban J connectivity index is 2.49. The van der Waals surface area contributed by atoms with Crippen molar-refractivity contribution in [1.82, 2.24) is 4.98 Å². The molecule has 0 unspecified atom stereocenters. The number of aliphatic hydroxyl groups is 1. The number of aryl methyl sites for hydroxylation is 1. The standard InChI is InChI=1S/C13H13NO/c1-10-4-6-11(7-5-10)12-3-2-8-14-13(12)9-15/h2-8,15H,9H2,1H3. The van der Waals surface area contributed by atoms with Crippen molar-refractivity contribution in [3.63, 3.8) is 0 Å². The van der Waals surface area contributed by atoms with Crippen LogP contribution in [0.4, 0.5) is 0 Å². The fourth-order valence-electron chi connectivity index (χ4n) is 1.56. The Morgan fingerprint density at radius 2 is 1.87 bits per heavy atom. The maximum atomic E-state index is 9.17. The van der Waals surface area contributed by atoms with Crippen LogP contribution in [0.3, 0.4) is 0 Å². The molecular formula is C13H13NO. The highest BCUT2D eigenvalue weighted by molar-refractivity contribution is 5.65. The minimum Gasteiger partial charge on any atom is -0.390 e. The van der Waals surface area contributed by atoms with Crippen molar-refractivity contribution in [3.8, 4) is 11.1 Å². The van der Waals surface area contributed by atoms with Crippen molar-refractivity contribution >= 4 is 0 Å². The van der Waals surface area contributed by atoms with Crippen LogP contribution in [0.25, 0.3) is 11.1 Å². The van der Waals surface area contributed by atoms with Crippen LogP contribution in [0, 0.1) is 6.92 Å². The van der Waals surface area contributed by atoms with Gasteiger partial charge in [-0.15, -0.1) is 0 Å². The van der Waals surface area contributed by atoms with Crippen molar-refractivity contribution in [2.75, 3.05) is 0 Å². The number of benzene rings is 1. The smallest absolute Gasteiger partial charge is 0.0859 e. The minimum atomic E-state index is -0.0238. The number of rotatable bonds is 2. The molecule has 0 radical (unpaired) electrons. The van der Waals surface area contributed by atoms with Crippen LogP contribution in [-0.4, -0.2) is 10.1 Å². The lowest BCUT2D eigenvalue weighted by Crippen LogP contribution is -1.92. The molecular weight excluding hydrogens is 186 g/mol. The van der Waals surface area contributed by atoms with E-state index in [2.05, 4.69) is 24.0 Å². The molecule has 15 heavy (non-hydrogen) atoms. The van der Waals surface area contributed by atoms with Crippen molar-refractivity contribution < 1.29 is 5.11 Å². The van der Waals surface area contributed by atoms with Crippen molar-refractivity contribution in [2.45, 2.75) is 13.5 Å². The Kier molecular flexibility index (Phi) is 2.79. The zero-order chi connectivity index (χ0) is 10.7. The van der Waals surface area contributed by atoms with E-state index in [9.17, 15) is 5.11 Å². The van der Waals surface area contributed by atoms with Gasteiger partial charge < -0.3 is 5.11 Å². The number of aromatic nitrogens is 1. The third kappa shape index (κ3) is 2.05. The molecule has 0 atom stereocenters. The lowest BCUT2D eigenvalue weighted by atomic mass is 10.0. The highest BCUT2D eigenvalue weighted by Gasteiger charge is 2.03. The van der Waals surface area contributed by atoms with Gasteiger partial charge in [0, 0.05) is 11.8 Å². The molecule has 0 aliphatic carbocycles. The summed E-state index contributed by atoms with van der Waals surface area (Å²) in [6.07, 6.45) is 1.70. The predicted octanol–water partition coefficient (Wildman–Crippen LogP) is 2.55. The summed E-state index contributed by atoms with van der Waals surface area (Å²) in [5, 5.41) is 9.17. The van der Waals surface area contributed by atoms with Gasteiger partial charge in [0.15, 0.2) is 0 Å². The van der Waals surface area contributed by atoms with E-state index < -0.39 is 0 Å². The van der Waals surface area contributed by atoms with E-state index in [1.165, 1.54) is 5.56 Å². The summed E-state index contributed by atoms with van der Waals surface area (Å²) in [7, 11) is 0. The largest absolute Gasteiger partial charge is 0.390 e. The molecule has 2 aromatic rings. The van der Waals surface area contributed by atoms with Crippen LogP contribution >= 0.6 is 0 Å². The zero-order valence-electron chi connectivity index (χ0n) is 8.64. The molecule has 0 fully saturated rings. The normalized spacial score (nSPS) is 10.3. The van der Waals surface area contributed by atoms with Crippen molar-refractivity contribution in [2.24, 2.45) is 0 Å². The van der Waals surface area contributed by atoms with E-state index in [1.54, 1.807) is 6.20 Å². The zero-order valence-corrected chi connectivity index (χ0v) is 8.64. The Labute approximate surface area is 89.2 Å². The van der Waals surface area contributed by atoms with Gasteiger partial charge in [-0.3, -0.25) is 4.98 Å². The lowest BCUT2D eigenvalue weighted by molar-refractivity contribution is 0.277. The summed E-state index contributed by atoms with van der Waals surface area (Å²) >= 11 is 0. The lowest BCUT2D eigenvalue weighted by Gasteiger charge is -2.06. The van der Waals surface area contributed by atoms with Crippen LogP contribution in [0.1, 0.15) is 11.3 Å². The van der Waals surface area contributed by atoms with E-state index in [0.717, 1.165) is 16.8 Å². The molecule has 2 nitrogen and oxygen atoms in total. The van der Waals surface area contributed by atoms with Gasteiger partial charge in [-0.25, -0.2) is 0 Å². The third-order valence-corrected chi connectivity index (χ3v) is 2.40. The van der Waals surface area contributed by atoms with Crippen molar-refractivity contribution in [3.05, 3.63) is 53.9 Å². The molecule has 0 saturated heterocycles. The first-order valence-corrected chi connectivity index (χ1v) is 4.93. The van der Waals surface area contributed by atoms with Gasteiger partial charge >= 0.3 is 0 Å². The summed E-state index contributed by atoms with van der Waals surface area (Å²) < 4.78 is 0. The first-order valence-electron chi connectivity index (χ1n) is 4.93. The number of pyridine rings is 1. The number of hydrogen-bond acceptors (Lipinski definition) is 2. The molecule has 2 rings (SSSR count). The molecule has 1 aromatic carbocycles. The van der Waals surface area contributed by atoms with E-state index in [0.29, 0.717) is 0 Å². The van der Waals surface area contributed by atoms with Gasteiger partial charge in [-0.05, 0) is 18.6 Å². The highest BCUT2D eigenvalue weighted by Crippen LogP contribution is 2.22. The molecule has 0 amide bonds. The van der Waals surface area contributed by atoms with E-state index in [-0.39, 0.29) is 6.61 Å². The second-order valence-electron chi connectivity index (χ2n) is 3.52. The van der Waals surface area contributed by atoms with Gasteiger partial charge in [0.1, 0.15) is 0 Å². The summed E-state index contributed by atoms with van der Waals surface area (Å²) in [5.74, 6) is 0. The number of aliphatic hydroxyl groups excluding tert-OH is 1. The first kappa shape index (κ1) is 9.87. The van der Waals surface area contributed by atoms with Crippen LogP contribution in [0.5, 0.6) is 0 Å². The SMILES string of the molecule is Cc1ccc(-c2cccnc2CO)cc1. The molecule has 0 aliphatic rings. The van der Waals surface area contributed by atoms with Gasteiger partial charge in [0.05, 0.1) is 12.3 Å². The van der Waals surface area contributed by atoms with Crippen molar-refractivity contribution in [1.29, 1.82) is 0 Å². The minimum absolute atomic E-state index is 0.0238. The molecule has 0 saturated carbocycles. The molecule has 2 heteroatoms. The fraction of sp³-hybridized carbons (Fsp3) is 0.154. The molecule has 1 N–H and O–H groups in total. The first-order chi connectivity index (χ1) is 7.31. The Hall–Kier alpha value is -1.67. The van der Waals surface area contributed by atoms with Gasteiger partial charge in [-0.1, -0.05) is 35.9 Å². The summed E-state index contributed by atoms with van der Waals surface area (Å²) in [6, 6.07) is 12.1. The number of hydrogen-bond donors (Lipinski definition) is 1. The third-order valence-electron chi connectivity index (χ3n) is 2.40. The highest BCUT2D eigenvalue weighted by atomic mass is 16.3. The second kappa shape index (κ2) is 4.24. The molecule has 0 spiro atoms. The van der Waals surface area contributed by atoms with E-state index in [4.69, 9.17) is 0 Å². The fourth-order valence-corrected chi connectivity index (χ4v) is 1.56. The summed E-state index contributed by atoms with van der Waals surface area (Å²) in [6.45, 7) is 2.03. The quantitative estimate of drug-likeness (QED) is 0.806. The maximum Gasteiger partial charge on any atom is 0.0859 e. The van der Waals surface area contributed by atoms with E-state index >= 15 is 0 Å².